The molecule has 0 unspecified atom stereocenters. The minimum atomic E-state index is -0.126. The number of nitrogens with two attached hydrogens (primary N) is 1. The van der Waals surface area contributed by atoms with Crippen LogP contribution in [0.4, 0.5) is 5.82 Å². The van der Waals surface area contributed by atoms with Crippen LogP contribution in [0.15, 0.2) is 24.3 Å². The van der Waals surface area contributed by atoms with Crippen LogP contribution in [0.25, 0.3) is 16.9 Å². The van der Waals surface area contributed by atoms with E-state index in [1.807, 2.05) is 49.4 Å². The first kappa shape index (κ1) is 14.1. The summed E-state index contributed by atoms with van der Waals surface area (Å²) in [5.74, 6) is 0.177. The molecule has 0 aliphatic heterocycles. The van der Waals surface area contributed by atoms with Gasteiger partial charge in [0.05, 0.1) is 5.69 Å². The molecule has 0 aliphatic rings. The summed E-state index contributed by atoms with van der Waals surface area (Å²) in [7, 11) is 0. The lowest BCUT2D eigenvalue weighted by Crippen LogP contribution is -2.04. The lowest BCUT2D eigenvalue weighted by atomic mass is 10.2. The van der Waals surface area contributed by atoms with Crippen molar-refractivity contribution in [2.45, 2.75) is 6.92 Å². The summed E-state index contributed by atoms with van der Waals surface area (Å²) in [6.45, 7) is 1.90. The summed E-state index contributed by atoms with van der Waals surface area (Å²) in [5, 5.41) is 27.6. The van der Waals surface area contributed by atoms with E-state index in [4.69, 9.17) is 16.3 Å². The topological polar surface area (TPSA) is 128 Å². The number of benzene rings is 1. The van der Waals surface area contributed by atoms with E-state index < -0.39 is 0 Å². The first-order valence-electron chi connectivity index (χ1n) is 6.60. The predicted octanol–water partition coefficient (Wildman–Crippen LogP) is 1.93. The summed E-state index contributed by atoms with van der Waals surface area (Å²) in [5.41, 5.74) is 8.16. The number of rotatable bonds is 1. The number of aryl methyl sites for hydroxylation is 1. The van der Waals surface area contributed by atoms with E-state index in [-0.39, 0.29) is 33.9 Å². The van der Waals surface area contributed by atoms with Crippen LogP contribution in [0, 0.1) is 40.9 Å². The van der Waals surface area contributed by atoms with Gasteiger partial charge in [0.25, 0.3) is 0 Å². The highest BCUT2D eigenvalue weighted by atomic mass is 15.1. The van der Waals surface area contributed by atoms with Gasteiger partial charge >= 0.3 is 0 Å². The van der Waals surface area contributed by atoms with Gasteiger partial charge in [0, 0.05) is 0 Å². The van der Waals surface area contributed by atoms with Gasteiger partial charge in [-0.25, -0.2) is 9.97 Å². The predicted molar refractivity (Wildman–Crippen MR) is 82.2 cm³/mol. The Balaban J connectivity index is 2.52. The molecule has 2 aromatic heterocycles. The monoisotopic (exact) mass is 299 g/mol. The van der Waals surface area contributed by atoms with Crippen molar-refractivity contribution >= 4 is 17.0 Å². The third-order valence-corrected chi connectivity index (χ3v) is 3.50. The number of fused-ring (bicyclic) bond motifs is 1. The van der Waals surface area contributed by atoms with Crippen LogP contribution < -0.4 is 5.73 Å². The molecule has 0 saturated heterocycles. The summed E-state index contributed by atoms with van der Waals surface area (Å²) in [6, 6.07) is 13.1. The van der Waals surface area contributed by atoms with Gasteiger partial charge in [0.2, 0.25) is 0 Å². The second-order valence-electron chi connectivity index (χ2n) is 4.81. The summed E-state index contributed by atoms with van der Waals surface area (Å²) in [4.78, 5) is 8.30. The molecule has 0 bridgehead atoms. The highest BCUT2D eigenvalue weighted by molar-refractivity contribution is 5.89. The van der Waals surface area contributed by atoms with Crippen LogP contribution in [0.3, 0.4) is 0 Å². The van der Waals surface area contributed by atoms with Crippen molar-refractivity contribution in [1.82, 2.24) is 14.5 Å². The Bertz CT molecular complexity index is 1070. The molecule has 0 radical (unpaired) electrons. The third kappa shape index (κ3) is 1.95. The molecule has 108 valence electrons. The highest BCUT2D eigenvalue weighted by Crippen LogP contribution is 2.30. The number of nitrogens with zero attached hydrogens (tertiary/aromatic N) is 6. The second-order valence-corrected chi connectivity index (χ2v) is 4.81. The third-order valence-electron chi connectivity index (χ3n) is 3.50. The van der Waals surface area contributed by atoms with E-state index in [0.29, 0.717) is 0 Å². The fourth-order valence-electron chi connectivity index (χ4n) is 2.42. The van der Waals surface area contributed by atoms with Crippen molar-refractivity contribution in [2.24, 2.45) is 0 Å². The van der Waals surface area contributed by atoms with Gasteiger partial charge in [0.1, 0.15) is 35.1 Å². The molecular formula is C16H9N7. The standard InChI is InChI=1S/C16H9N7/c1-9-4-2-3-5-13(9)23-15(20)10(6-17)14-16(23)22-12(8-19)11(7-18)21-14/h2-5H,20H2,1H3. The van der Waals surface area contributed by atoms with Crippen LogP contribution in [-0.4, -0.2) is 14.5 Å². The van der Waals surface area contributed by atoms with Gasteiger partial charge in [-0.15, -0.1) is 0 Å². The van der Waals surface area contributed by atoms with E-state index in [9.17, 15) is 5.26 Å². The van der Waals surface area contributed by atoms with Gasteiger partial charge in [-0.2, -0.15) is 15.8 Å². The van der Waals surface area contributed by atoms with Gasteiger partial charge in [-0.3, -0.25) is 4.57 Å². The van der Waals surface area contributed by atoms with Crippen LogP contribution in [-0.2, 0) is 0 Å². The molecule has 2 heterocycles. The molecule has 2 N–H and O–H groups in total. The Morgan fingerprint density at radius 1 is 1.00 bits per heavy atom. The normalized spacial score (nSPS) is 10.0. The summed E-state index contributed by atoms with van der Waals surface area (Å²) < 4.78 is 1.58. The minimum Gasteiger partial charge on any atom is -0.384 e. The Morgan fingerprint density at radius 2 is 1.65 bits per heavy atom. The summed E-state index contributed by atoms with van der Waals surface area (Å²) in [6.07, 6.45) is 0. The molecule has 0 amide bonds. The van der Waals surface area contributed by atoms with E-state index in [2.05, 4.69) is 9.97 Å². The highest BCUT2D eigenvalue weighted by Gasteiger charge is 2.22. The van der Waals surface area contributed by atoms with Crippen LogP contribution in [0.5, 0.6) is 0 Å². The molecule has 0 aliphatic carbocycles. The number of aromatic nitrogens is 3. The zero-order chi connectivity index (χ0) is 16.6. The van der Waals surface area contributed by atoms with Crippen molar-refractivity contribution in [1.29, 1.82) is 15.8 Å². The molecule has 7 heteroatoms. The van der Waals surface area contributed by atoms with Gasteiger partial charge < -0.3 is 5.73 Å². The van der Waals surface area contributed by atoms with Crippen LogP contribution in [0.1, 0.15) is 22.5 Å². The molecule has 3 rings (SSSR count). The lowest BCUT2D eigenvalue weighted by molar-refractivity contribution is 1.07. The van der Waals surface area contributed by atoms with Gasteiger partial charge in [0.15, 0.2) is 17.0 Å². The fourth-order valence-corrected chi connectivity index (χ4v) is 2.42. The van der Waals surface area contributed by atoms with E-state index >= 15 is 0 Å². The number of anilines is 1. The molecule has 1 aromatic carbocycles. The minimum absolute atomic E-state index is 0.100. The van der Waals surface area contributed by atoms with E-state index in [1.165, 1.54) is 0 Å². The van der Waals surface area contributed by atoms with E-state index in [1.54, 1.807) is 4.57 Å². The fraction of sp³-hybridized carbons (Fsp3) is 0.0625. The van der Waals surface area contributed by atoms with Crippen molar-refractivity contribution in [3.63, 3.8) is 0 Å². The smallest absolute Gasteiger partial charge is 0.179 e. The average molecular weight is 299 g/mol. The number of hydrogen-bond acceptors (Lipinski definition) is 6. The van der Waals surface area contributed by atoms with E-state index in [0.717, 1.165) is 11.3 Å². The largest absolute Gasteiger partial charge is 0.384 e. The molecule has 3 aromatic rings. The van der Waals surface area contributed by atoms with Gasteiger partial charge in [-0.05, 0) is 18.6 Å². The molecule has 0 atom stereocenters. The van der Waals surface area contributed by atoms with Crippen LogP contribution >= 0.6 is 0 Å². The SMILES string of the molecule is Cc1ccccc1-n1c(N)c(C#N)c2nc(C#N)c(C#N)nc21. The molecule has 23 heavy (non-hydrogen) atoms. The van der Waals surface area contributed by atoms with Crippen molar-refractivity contribution in [2.75, 3.05) is 5.73 Å². The zero-order valence-corrected chi connectivity index (χ0v) is 12.1. The number of hydrogen-bond donors (Lipinski definition) is 1. The molecule has 0 saturated carbocycles. The number of nitriles is 3. The first-order chi connectivity index (χ1) is 11.1. The molecule has 0 fully saturated rings. The molecule has 0 spiro atoms. The first-order valence-corrected chi connectivity index (χ1v) is 6.60. The quantitative estimate of drug-likeness (QED) is 0.731. The Hall–Kier alpha value is -3.89. The maximum Gasteiger partial charge on any atom is 0.179 e. The van der Waals surface area contributed by atoms with Crippen molar-refractivity contribution < 1.29 is 0 Å². The van der Waals surface area contributed by atoms with Crippen molar-refractivity contribution in [3.8, 4) is 23.9 Å². The zero-order valence-electron chi connectivity index (χ0n) is 12.1. The Morgan fingerprint density at radius 3 is 2.26 bits per heavy atom. The Labute approximate surface area is 131 Å². The molecular weight excluding hydrogens is 290 g/mol. The Kier molecular flexibility index (Phi) is 3.14. The van der Waals surface area contributed by atoms with Crippen LogP contribution in [0.2, 0.25) is 0 Å². The van der Waals surface area contributed by atoms with Gasteiger partial charge in [-0.1, -0.05) is 18.2 Å². The lowest BCUT2D eigenvalue weighted by Gasteiger charge is -2.10. The maximum atomic E-state index is 9.38. The average Bonchev–Trinajstić information content (AvgIpc) is 2.84. The van der Waals surface area contributed by atoms with Crippen molar-refractivity contribution in [3.05, 3.63) is 46.8 Å². The molecule has 7 nitrogen and oxygen atoms in total. The number of nitrogen functional groups attached to an aromatic ring is 1. The second kappa shape index (κ2) is 5.14. The maximum absolute atomic E-state index is 9.38. The number of para-hydroxylation sites is 1. The summed E-state index contributed by atoms with van der Waals surface area (Å²) >= 11 is 0.